The second-order valence-electron chi connectivity index (χ2n) is 3.93. The van der Waals surface area contributed by atoms with Crippen molar-refractivity contribution in [3.63, 3.8) is 0 Å². The molecule has 98 valence electrons. The molecule has 0 aliphatic carbocycles. The maximum Gasteiger partial charge on any atom is 0.356 e. The second kappa shape index (κ2) is 6.04. The number of hydrogen-bond donors (Lipinski definition) is 1. The Morgan fingerprint density at radius 2 is 2.05 bits per heavy atom. The number of rotatable bonds is 4. The molecule has 0 amide bonds. The Bertz CT molecular complexity index is 602. The summed E-state index contributed by atoms with van der Waals surface area (Å²) < 4.78 is 0. The van der Waals surface area contributed by atoms with Crippen LogP contribution < -0.4 is 0 Å². The molecule has 0 radical (unpaired) electrons. The molecule has 0 unspecified atom stereocenters. The molecule has 1 aromatic carbocycles. The minimum Gasteiger partial charge on any atom is -0.476 e. The summed E-state index contributed by atoms with van der Waals surface area (Å²) in [4.78, 5) is 18.8. The molecule has 0 fully saturated rings. The third-order valence-corrected chi connectivity index (χ3v) is 3.62. The first-order valence-electron chi connectivity index (χ1n) is 5.50. The molecule has 2 rings (SSSR count). The van der Waals surface area contributed by atoms with Crippen LogP contribution in [0.15, 0.2) is 35.6 Å². The Labute approximate surface area is 119 Å². The number of nitrogens with zero attached hydrogens (tertiary/aromatic N) is 2. The fourth-order valence-electron chi connectivity index (χ4n) is 1.40. The van der Waals surface area contributed by atoms with E-state index in [1.54, 1.807) is 0 Å². The number of aryl methyl sites for hydroxylation is 1. The van der Waals surface area contributed by atoms with E-state index in [9.17, 15) is 4.79 Å². The molecule has 1 aromatic heterocycles. The van der Waals surface area contributed by atoms with Crippen molar-refractivity contribution in [2.75, 3.05) is 0 Å². The van der Waals surface area contributed by atoms with Crippen LogP contribution >= 0.6 is 23.4 Å². The van der Waals surface area contributed by atoms with Crippen LogP contribution in [0.25, 0.3) is 0 Å². The summed E-state index contributed by atoms with van der Waals surface area (Å²) in [6, 6.07) is 8.11. The summed E-state index contributed by atoms with van der Waals surface area (Å²) in [5.41, 5.74) is 2.17. The first-order valence-corrected chi connectivity index (χ1v) is 6.87. The highest BCUT2D eigenvalue weighted by Crippen LogP contribution is 2.22. The van der Waals surface area contributed by atoms with Crippen LogP contribution in [0.4, 0.5) is 0 Å². The fourth-order valence-corrected chi connectivity index (χ4v) is 2.35. The van der Waals surface area contributed by atoms with E-state index in [4.69, 9.17) is 16.7 Å². The minimum atomic E-state index is -1.15. The van der Waals surface area contributed by atoms with Gasteiger partial charge in [-0.15, -0.1) is 0 Å². The number of aromatic nitrogens is 2. The molecule has 1 N–H and O–H groups in total. The lowest BCUT2D eigenvalue weighted by atomic mass is 10.2. The van der Waals surface area contributed by atoms with Gasteiger partial charge in [0.2, 0.25) is 0 Å². The predicted molar refractivity (Wildman–Crippen MR) is 74.7 cm³/mol. The number of carboxylic acid groups (broad SMARTS) is 1. The molecule has 0 saturated carbocycles. The maximum absolute atomic E-state index is 10.9. The van der Waals surface area contributed by atoms with Gasteiger partial charge in [0.25, 0.3) is 0 Å². The molecule has 0 spiro atoms. The number of hydrogen-bond acceptors (Lipinski definition) is 4. The normalized spacial score (nSPS) is 10.4. The zero-order valence-corrected chi connectivity index (χ0v) is 11.7. The van der Waals surface area contributed by atoms with Crippen LogP contribution in [-0.4, -0.2) is 21.0 Å². The Balaban J connectivity index is 2.09. The van der Waals surface area contributed by atoms with Crippen LogP contribution in [0, 0.1) is 6.92 Å². The Morgan fingerprint density at radius 3 is 2.68 bits per heavy atom. The number of carbonyl (C=O) groups is 1. The molecule has 4 nitrogen and oxygen atoms in total. The van der Waals surface area contributed by atoms with Crippen LogP contribution in [0.2, 0.25) is 5.02 Å². The van der Waals surface area contributed by atoms with E-state index in [1.807, 2.05) is 31.2 Å². The highest BCUT2D eigenvalue weighted by molar-refractivity contribution is 7.98. The predicted octanol–water partition coefficient (Wildman–Crippen LogP) is 3.43. The Kier molecular flexibility index (Phi) is 4.39. The zero-order chi connectivity index (χ0) is 13.8. The summed E-state index contributed by atoms with van der Waals surface area (Å²) in [6.45, 7) is 2.03. The van der Waals surface area contributed by atoms with Gasteiger partial charge in [-0.2, -0.15) is 0 Å². The van der Waals surface area contributed by atoms with Crippen molar-refractivity contribution in [3.05, 3.63) is 52.3 Å². The van der Waals surface area contributed by atoms with E-state index < -0.39 is 5.97 Å². The van der Waals surface area contributed by atoms with Crippen molar-refractivity contribution in [1.29, 1.82) is 0 Å². The third kappa shape index (κ3) is 3.68. The Hall–Kier alpha value is -1.59. The van der Waals surface area contributed by atoms with Crippen molar-refractivity contribution in [1.82, 2.24) is 9.97 Å². The van der Waals surface area contributed by atoms with Crippen LogP contribution in [0.5, 0.6) is 0 Å². The SMILES string of the molecule is Cc1ccc(CSc2ncc(Cl)c(C(=O)O)n2)cc1. The van der Waals surface area contributed by atoms with Crippen molar-refractivity contribution in [2.45, 2.75) is 17.8 Å². The molecule has 0 saturated heterocycles. The number of carboxylic acids is 1. The van der Waals surface area contributed by atoms with E-state index in [1.165, 1.54) is 23.5 Å². The van der Waals surface area contributed by atoms with Crippen LogP contribution in [0.3, 0.4) is 0 Å². The molecule has 0 aliphatic rings. The largest absolute Gasteiger partial charge is 0.476 e. The van der Waals surface area contributed by atoms with E-state index in [0.29, 0.717) is 10.9 Å². The summed E-state index contributed by atoms with van der Waals surface area (Å²) in [5, 5.41) is 9.38. The smallest absolute Gasteiger partial charge is 0.356 e. The molecular formula is C13H11ClN2O2S. The zero-order valence-electron chi connectivity index (χ0n) is 10.1. The number of aromatic carboxylic acids is 1. The van der Waals surface area contributed by atoms with Gasteiger partial charge in [-0.3, -0.25) is 0 Å². The lowest BCUT2D eigenvalue weighted by molar-refractivity contribution is 0.0689. The van der Waals surface area contributed by atoms with E-state index >= 15 is 0 Å². The van der Waals surface area contributed by atoms with Gasteiger partial charge in [-0.1, -0.05) is 53.2 Å². The molecule has 0 aliphatic heterocycles. The highest BCUT2D eigenvalue weighted by Gasteiger charge is 2.12. The lowest BCUT2D eigenvalue weighted by Gasteiger charge is -2.03. The molecule has 1 heterocycles. The van der Waals surface area contributed by atoms with Crippen molar-refractivity contribution >= 4 is 29.3 Å². The summed E-state index contributed by atoms with van der Waals surface area (Å²) in [5.74, 6) is -0.467. The summed E-state index contributed by atoms with van der Waals surface area (Å²) in [7, 11) is 0. The van der Waals surface area contributed by atoms with Crippen molar-refractivity contribution < 1.29 is 9.90 Å². The first-order chi connectivity index (χ1) is 9.06. The van der Waals surface area contributed by atoms with Gasteiger partial charge in [0.05, 0.1) is 11.2 Å². The van der Waals surface area contributed by atoms with Gasteiger partial charge in [0, 0.05) is 5.75 Å². The van der Waals surface area contributed by atoms with E-state index in [-0.39, 0.29) is 10.7 Å². The van der Waals surface area contributed by atoms with Crippen molar-refractivity contribution in [2.24, 2.45) is 0 Å². The van der Waals surface area contributed by atoms with Gasteiger partial charge >= 0.3 is 5.97 Å². The van der Waals surface area contributed by atoms with Gasteiger partial charge in [0.15, 0.2) is 10.9 Å². The minimum absolute atomic E-state index is 0.0483. The molecule has 0 atom stereocenters. The Morgan fingerprint density at radius 1 is 1.37 bits per heavy atom. The number of thioether (sulfide) groups is 1. The van der Waals surface area contributed by atoms with Gasteiger partial charge in [-0.25, -0.2) is 14.8 Å². The number of halogens is 1. The molecule has 0 bridgehead atoms. The second-order valence-corrected chi connectivity index (χ2v) is 5.28. The lowest BCUT2D eigenvalue weighted by Crippen LogP contribution is -2.03. The first kappa shape index (κ1) is 13.8. The van der Waals surface area contributed by atoms with Gasteiger partial charge < -0.3 is 5.11 Å². The average molecular weight is 295 g/mol. The van der Waals surface area contributed by atoms with Crippen LogP contribution in [-0.2, 0) is 5.75 Å². The monoisotopic (exact) mass is 294 g/mol. The standard InChI is InChI=1S/C13H11ClN2O2S/c1-8-2-4-9(5-3-8)7-19-13-15-6-10(14)11(16-13)12(17)18/h2-6H,7H2,1H3,(H,17,18). The van der Waals surface area contributed by atoms with Gasteiger partial charge in [0.1, 0.15) is 0 Å². The fraction of sp³-hybridized carbons (Fsp3) is 0.154. The highest BCUT2D eigenvalue weighted by atomic mass is 35.5. The van der Waals surface area contributed by atoms with Crippen LogP contribution in [0.1, 0.15) is 21.6 Å². The third-order valence-electron chi connectivity index (χ3n) is 2.41. The molecule has 2 aromatic rings. The summed E-state index contributed by atoms with van der Waals surface area (Å²) >= 11 is 7.09. The van der Waals surface area contributed by atoms with E-state index in [2.05, 4.69) is 9.97 Å². The topological polar surface area (TPSA) is 63.1 Å². The molecular weight excluding hydrogens is 284 g/mol. The summed E-state index contributed by atoms with van der Waals surface area (Å²) in [6.07, 6.45) is 1.31. The quantitative estimate of drug-likeness (QED) is 0.691. The van der Waals surface area contributed by atoms with E-state index in [0.717, 1.165) is 5.56 Å². The van der Waals surface area contributed by atoms with Crippen molar-refractivity contribution in [3.8, 4) is 0 Å². The van der Waals surface area contributed by atoms with Gasteiger partial charge in [-0.05, 0) is 12.5 Å². The average Bonchev–Trinajstić information content (AvgIpc) is 2.39. The number of benzene rings is 1. The molecule has 19 heavy (non-hydrogen) atoms. The maximum atomic E-state index is 10.9. The molecule has 6 heteroatoms.